The maximum Gasteiger partial charge on any atom is 0.387 e. The Balaban J connectivity index is 2.18. The smallest absolute Gasteiger partial charge is 0.387 e. The summed E-state index contributed by atoms with van der Waals surface area (Å²) in [6.45, 7) is -0.981. The molecule has 1 aromatic heterocycles. The monoisotopic (exact) mass is 337 g/mol. The van der Waals surface area contributed by atoms with Gasteiger partial charge in [0.25, 0.3) is 0 Å². The van der Waals surface area contributed by atoms with Crippen molar-refractivity contribution in [3.8, 4) is 5.75 Å². The van der Waals surface area contributed by atoms with Crippen LogP contribution in [0.2, 0.25) is 10.0 Å². The Morgan fingerprint density at radius 3 is 2.40 bits per heavy atom. The van der Waals surface area contributed by atoms with Gasteiger partial charge in [0.1, 0.15) is 0 Å². The number of hydrogen-bond donors (Lipinski definition) is 1. The fourth-order valence-electron chi connectivity index (χ4n) is 1.70. The van der Waals surface area contributed by atoms with Gasteiger partial charge in [-0.15, -0.1) is 11.3 Å². The molecule has 2 rings (SSSR count). The first kappa shape index (κ1) is 15.4. The van der Waals surface area contributed by atoms with Crippen LogP contribution in [-0.4, -0.2) is 6.61 Å². The van der Waals surface area contributed by atoms with Gasteiger partial charge in [0.05, 0.1) is 16.1 Å². The summed E-state index contributed by atoms with van der Waals surface area (Å²) in [6.07, 6.45) is 0. The molecular formula is C13H11Cl2F2NOS. The minimum absolute atomic E-state index is 0.0404. The van der Waals surface area contributed by atoms with Crippen molar-refractivity contribution in [2.45, 2.75) is 19.6 Å². The molecule has 7 heteroatoms. The molecule has 1 atom stereocenters. The highest BCUT2D eigenvalue weighted by Gasteiger charge is 2.15. The van der Waals surface area contributed by atoms with Gasteiger partial charge in [-0.05, 0) is 30.5 Å². The summed E-state index contributed by atoms with van der Waals surface area (Å²) in [6, 6.07) is 7.03. The average Bonchev–Trinajstić information content (AvgIpc) is 2.87. The first-order chi connectivity index (χ1) is 9.47. The first-order valence-corrected chi connectivity index (χ1v) is 7.34. The zero-order chi connectivity index (χ0) is 14.7. The molecule has 108 valence electrons. The van der Waals surface area contributed by atoms with Crippen LogP contribution in [0.3, 0.4) is 0 Å². The zero-order valence-electron chi connectivity index (χ0n) is 10.4. The second-order valence-electron chi connectivity index (χ2n) is 4.03. The maximum absolute atomic E-state index is 12.2. The highest BCUT2D eigenvalue weighted by atomic mass is 35.5. The van der Waals surface area contributed by atoms with Crippen LogP contribution in [0.4, 0.5) is 14.5 Å². The summed E-state index contributed by atoms with van der Waals surface area (Å²) in [5.74, 6) is -0.210. The van der Waals surface area contributed by atoms with Gasteiger partial charge in [0, 0.05) is 10.6 Å². The van der Waals surface area contributed by atoms with Crippen molar-refractivity contribution in [2.75, 3.05) is 5.32 Å². The Kier molecular flexibility index (Phi) is 5.07. The summed E-state index contributed by atoms with van der Waals surface area (Å²) in [5, 5.41) is 5.27. The van der Waals surface area contributed by atoms with E-state index < -0.39 is 6.61 Å². The second kappa shape index (κ2) is 6.61. The van der Waals surface area contributed by atoms with Gasteiger partial charge in [-0.3, -0.25) is 0 Å². The number of anilines is 1. The van der Waals surface area contributed by atoms with Crippen molar-refractivity contribution in [3.63, 3.8) is 0 Å². The molecule has 0 aliphatic heterocycles. The molecule has 2 nitrogen and oxygen atoms in total. The predicted octanol–water partition coefficient (Wildman–Crippen LogP) is 5.83. The van der Waals surface area contributed by atoms with Crippen LogP contribution in [0.25, 0.3) is 0 Å². The van der Waals surface area contributed by atoms with Gasteiger partial charge in [-0.25, -0.2) is 0 Å². The molecule has 2 aromatic rings. The molecule has 0 radical (unpaired) electrons. The van der Waals surface area contributed by atoms with Crippen LogP contribution in [0.1, 0.15) is 17.8 Å². The molecule has 1 N–H and O–H groups in total. The molecule has 0 spiro atoms. The van der Waals surface area contributed by atoms with E-state index in [0.29, 0.717) is 5.69 Å². The van der Waals surface area contributed by atoms with Gasteiger partial charge in [0.15, 0.2) is 5.75 Å². The number of benzene rings is 1. The maximum atomic E-state index is 12.2. The first-order valence-electron chi connectivity index (χ1n) is 5.71. The summed E-state index contributed by atoms with van der Waals surface area (Å²) in [4.78, 5) is 1.14. The molecule has 1 heterocycles. The van der Waals surface area contributed by atoms with Gasteiger partial charge in [-0.2, -0.15) is 8.78 Å². The van der Waals surface area contributed by atoms with Crippen molar-refractivity contribution in [1.29, 1.82) is 0 Å². The highest BCUT2D eigenvalue weighted by Crippen LogP contribution is 2.38. The minimum atomic E-state index is -2.96. The highest BCUT2D eigenvalue weighted by molar-refractivity contribution is 7.10. The van der Waals surface area contributed by atoms with E-state index in [-0.39, 0.29) is 21.8 Å². The van der Waals surface area contributed by atoms with Crippen molar-refractivity contribution in [3.05, 3.63) is 44.6 Å². The number of hydrogen-bond acceptors (Lipinski definition) is 3. The van der Waals surface area contributed by atoms with E-state index in [9.17, 15) is 8.78 Å². The average molecular weight is 338 g/mol. The fraction of sp³-hybridized carbons (Fsp3) is 0.231. The fourth-order valence-corrected chi connectivity index (χ4v) is 3.01. The quantitative estimate of drug-likeness (QED) is 0.741. The lowest BCUT2D eigenvalue weighted by atomic mass is 10.2. The Bertz CT molecular complexity index is 555. The SMILES string of the molecule is CC(Nc1cc(Cl)c(OC(F)F)c(Cl)c1)c1cccs1. The largest absolute Gasteiger partial charge is 0.432 e. The van der Waals surface area contributed by atoms with Crippen molar-refractivity contribution in [2.24, 2.45) is 0 Å². The van der Waals surface area contributed by atoms with Gasteiger partial charge in [0.2, 0.25) is 0 Å². The van der Waals surface area contributed by atoms with Crippen LogP contribution < -0.4 is 10.1 Å². The lowest BCUT2D eigenvalue weighted by Crippen LogP contribution is -2.06. The van der Waals surface area contributed by atoms with E-state index in [4.69, 9.17) is 23.2 Å². The third-order valence-corrected chi connectivity index (χ3v) is 4.17. The third kappa shape index (κ3) is 3.75. The lowest BCUT2D eigenvalue weighted by molar-refractivity contribution is -0.0497. The van der Waals surface area contributed by atoms with Crippen molar-refractivity contribution in [1.82, 2.24) is 0 Å². The molecule has 0 saturated carbocycles. The number of alkyl halides is 2. The molecule has 0 amide bonds. The van der Waals surface area contributed by atoms with Crippen LogP contribution in [0.15, 0.2) is 29.6 Å². The second-order valence-corrected chi connectivity index (χ2v) is 5.82. The standard InChI is InChI=1S/C13H11Cl2F2NOS/c1-7(11-3-2-4-20-11)18-8-5-9(14)12(10(15)6-8)19-13(16)17/h2-7,13,18H,1H3. The van der Waals surface area contributed by atoms with E-state index in [1.54, 1.807) is 11.3 Å². The summed E-state index contributed by atoms with van der Waals surface area (Å²) in [5.41, 5.74) is 0.641. The van der Waals surface area contributed by atoms with E-state index in [0.717, 1.165) is 4.88 Å². The van der Waals surface area contributed by atoms with Crippen LogP contribution >= 0.6 is 34.5 Å². The summed E-state index contributed by atoms with van der Waals surface area (Å²) in [7, 11) is 0. The number of halogens is 4. The van der Waals surface area contributed by atoms with Gasteiger partial charge >= 0.3 is 6.61 Å². The zero-order valence-corrected chi connectivity index (χ0v) is 12.7. The molecule has 1 aromatic carbocycles. The van der Waals surface area contributed by atoms with Gasteiger partial charge < -0.3 is 10.1 Å². The Morgan fingerprint density at radius 2 is 1.90 bits per heavy atom. The predicted molar refractivity (Wildman–Crippen MR) is 79.5 cm³/mol. The normalized spacial score (nSPS) is 12.5. The lowest BCUT2D eigenvalue weighted by Gasteiger charge is -2.16. The van der Waals surface area contributed by atoms with Crippen LogP contribution in [0, 0.1) is 0 Å². The minimum Gasteiger partial charge on any atom is -0.432 e. The van der Waals surface area contributed by atoms with E-state index >= 15 is 0 Å². The molecule has 0 bridgehead atoms. The van der Waals surface area contributed by atoms with E-state index in [2.05, 4.69) is 10.1 Å². The molecule has 1 unspecified atom stereocenters. The number of rotatable bonds is 5. The molecule has 0 saturated heterocycles. The van der Waals surface area contributed by atoms with E-state index in [1.165, 1.54) is 12.1 Å². The van der Waals surface area contributed by atoms with E-state index in [1.807, 2.05) is 24.4 Å². The Morgan fingerprint density at radius 1 is 1.25 bits per heavy atom. The van der Waals surface area contributed by atoms with Crippen molar-refractivity contribution >= 4 is 40.2 Å². The molecule has 20 heavy (non-hydrogen) atoms. The number of ether oxygens (including phenoxy) is 1. The third-order valence-electron chi connectivity index (χ3n) is 2.56. The summed E-state index contributed by atoms with van der Waals surface area (Å²) < 4.78 is 28.7. The number of thiophene rings is 1. The summed E-state index contributed by atoms with van der Waals surface area (Å²) >= 11 is 13.4. The molecule has 0 fully saturated rings. The van der Waals surface area contributed by atoms with Gasteiger partial charge in [-0.1, -0.05) is 29.3 Å². The van der Waals surface area contributed by atoms with Crippen molar-refractivity contribution < 1.29 is 13.5 Å². The number of nitrogens with one attached hydrogen (secondary N) is 1. The topological polar surface area (TPSA) is 21.3 Å². The van der Waals surface area contributed by atoms with Crippen LogP contribution in [-0.2, 0) is 0 Å². The Labute approximate surface area is 129 Å². The van der Waals surface area contributed by atoms with Crippen LogP contribution in [0.5, 0.6) is 5.75 Å². The molecule has 0 aliphatic carbocycles. The molecular weight excluding hydrogens is 327 g/mol. The Hall–Kier alpha value is -1.04. The molecule has 0 aliphatic rings.